The van der Waals surface area contributed by atoms with E-state index in [4.69, 9.17) is 9.15 Å². The number of hydrogen-bond acceptors (Lipinski definition) is 4. The molecule has 0 spiro atoms. The summed E-state index contributed by atoms with van der Waals surface area (Å²) in [5, 5.41) is 7.46. The van der Waals surface area contributed by atoms with Gasteiger partial charge in [0.15, 0.2) is 5.76 Å². The Labute approximate surface area is 177 Å². The van der Waals surface area contributed by atoms with E-state index in [1.807, 2.05) is 30.5 Å². The second kappa shape index (κ2) is 9.01. The van der Waals surface area contributed by atoms with Crippen LogP contribution in [0.3, 0.4) is 0 Å². The van der Waals surface area contributed by atoms with Gasteiger partial charge in [0, 0.05) is 5.56 Å². The van der Waals surface area contributed by atoms with Crippen molar-refractivity contribution in [3.05, 3.63) is 84.3 Å². The Hall–Kier alpha value is -3.31. The van der Waals surface area contributed by atoms with Crippen molar-refractivity contribution in [3.63, 3.8) is 0 Å². The summed E-state index contributed by atoms with van der Waals surface area (Å²) in [6, 6.07) is 20.9. The fourth-order valence-corrected chi connectivity index (χ4v) is 3.94. The minimum absolute atomic E-state index is 0.0868. The van der Waals surface area contributed by atoms with Crippen LogP contribution in [0.1, 0.15) is 31.0 Å². The SMILES string of the molecule is CCN(CC)C(c1ccc(-c2ccc(OC)cc2)cc1)c1cn[nH]c1-c1ccco1. The molecule has 0 fully saturated rings. The van der Waals surface area contributed by atoms with E-state index in [1.165, 1.54) is 16.7 Å². The van der Waals surface area contributed by atoms with Crippen LogP contribution in [0.5, 0.6) is 5.75 Å². The first kappa shape index (κ1) is 20.0. The summed E-state index contributed by atoms with van der Waals surface area (Å²) in [4.78, 5) is 2.43. The van der Waals surface area contributed by atoms with Crippen LogP contribution in [0.25, 0.3) is 22.6 Å². The van der Waals surface area contributed by atoms with Gasteiger partial charge in [-0.3, -0.25) is 10.00 Å². The summed E-state index contributed by atoms with van der Waals surface area (Å²) >= 11 is 0. The van der Waals surface area contributed by atoms with Crippen molar-refractivity contribution in [2.75, 3.05) is 20.2 Å². The van der Waals surface area contributed by atoms with Gasteiger partial charge in [0.1, 0.15) is 11.4 Å². The highest BCUT2D eigenvalue weighted by molar-refractivity contribution is 5.65. The van der Waals surface area contributed by atoms with E-state index in [0.29, 0.717) is 0 Å². The monoisotopic (exact) mass is 401 g/mol. The summed E-state index contributed by atoms with van der Waals surface area (Å²) in [6.07, 6.45) is 3.61. The van der Waals surface area contributed by atoms with Gasteiger partial charge in [0.25, 0.3) is 0 Å². The van der Waals surface area contributed by atoms with Gasteiger partial charge in [-0.05, 0) is 54.0 Å². The quantitative estimate of drug-likeness (QED) is 0.407. The lowest BCUT2D eigenvalue weighted by atomic mass is 9.94. The molecule has 0 saturated heterocycles. The minimum atomic E-state index is 0.0868. The van der Waals surface area contributed by atoms with Crippen LogP contribution in [0, 0.1) is 0 Å². The highest BCUT2D eigenvalue weighted by atomic mass is 16.5. The summed E-state index contributed by atoms with van der Waals surface area (Å²) in [5.74, 6) is 1.66. The number of nitrogens with zero attached hydrogens (tertiary/aromatic N) is 2. The number of aromatic amines is 1. The van der Waals surface area contributed by atoms with E-state index in [0.717, 1.165) is 35.9 Å². The van der Waals surface area contributed by atoms with E-state index in [9.17, 15) is 0 Å². The highest BCUT2D eigenvalue weighted by Gasteiger charge is 2.25. The molecular formula is C25H27N3O2. The largest absolute Gasteiger partial charge is 0.497 e. The molecule has 0 bridgehead atoms. The van der Waals surface area contributed by atoms with Crippen molar-refractivity contribution >= 4 is 0 Å². The van der Waals surface area contributed by atoms with Gasteiger partial charge >= 0.3 is 0 Å². The van der Waals surface area contributed by atoms with Gasteiger partial charge in [-0.25, -0.2) is 0 Å². The van der Waals surface area contributed by atoms with Gasteiger partial charge in [0.2, 0.25) is 0 Å². The maximum absolute atomic E-state index is 5.65. The summed E-state index contributed by atoms with van der Waals surface area (Å²) in [5.41, 5.74) is 5.62. The minimum Gasteiger partial charge on any atom is -0.497 e. The van der Waals surface area contributed by atoms with Crippen LogP contribution < -0.4 is 4.74 Å². The maximum atomic E-state index is 5.65. The van der Waals surface area contributed by atoms with Gasteiger partial charge < -0.3 is 9.15 Å². The van der Waals surface area contributed by atoms with Crippen LogP contribution in [0.15, 0.2) is 77.5 Å². The van der Waals surface area contributed by atoms with Crippen LogP contribution >= 0.6 is 0 Å². The molecule has 154 valence electrons. The molecule has 0 aliphatic carbocycles. The van der Waals surface area contributed by atoms with Crippen molar-refractivity contribution in [1.82, 2.24) is 15.1 Å². The van der Waals surface area contributed by atoms with Gasteiger partial charge in [0.05, 0.1) is 25.6 Å². The summed E-state index contributed by atoms with van der Waals surface area (Å²) < 4.78 is 10.9. The van der Waals surface area contributed by atoms with E-state index in [2.05, 4.69) is 65.3 Å². The number of H-pyrrole nitrogens is 1. The maximum Gasteiger partial charge on any atom is 0.151 e. The molecule has 1 unspecified atom stereocenters. The third-order valence-electron chi connectivity index (χ3n) is 5.56. The number of aromatic nitrogens is 2. The van der Waals surface area contributed by atoms with Crippen molar-refractivity contribution in [2.24, 2.45) is 0 Å². The number of benzene rings is 2. The number of ether oxygens (including phenoxy) is 1. The zero-order valence-electron chi connectivity index (χ0n) is 17.6. The first-order valence-electron chi connectivity index (χ1n) is 10.3. The predicted octanol–water partition coefficient (Wildman–Crippen LogP) is 5.78. The molecule has 30 heavy (non-hydrogen) atoms. The Balaban J connectivity index is 1.71. The van der Waals surface area contributed by atoms with E-state index >= 15 is 0 Å². The van der Waals surface area contributed by atoms with E-state index < -0.39 is 0 Å². The third-order valence-corrected chi connectivity index (χ3v) is 5.56. The molecule has 0 amide bonds. The van der Waals surface area contributed by atoms with Crippen LogP contribution in [-0.4, -0.2) is 35.3 Å². The Bertz CT molecular complexity index is 1050. The number of hydrogen-bond donors (Lipinski definition) is 1. The summed E-state index contributed by atoms with van der Waals surface area (Å²) in [7, 11) is 1.68. The summed E-state index contributed by atoms with van der Waals surface area (Å²) in [6.45, 7) is 6.25. The molecule has 5 nitrogen and oxygen atoms in total. The average Bonchev–Trinajstić information content (AvgIpc) is 3.49. The standard InChI is InChI=1S/C25H27N3O2/c1-4-28(5-2)25(22-17-26-27-24(22)23-7-6-16-30-23)20-10-8-18(9-11-20)19-12-14-21(29-3)15-13-19/h6-17,25H,4-5H2,1-3H3,(H,26,27). The zero-order valence-corrected chi connectivity index (χ0v) is 17.6. The Kier molecular flexibility index (Phi) is 6.00. The van der Waals surface area contributed by atoms with Crippen LogP contribution in [-0.2, 0) is 0 Å². The number of methoxy groups -OCH3 is 1. The molecule has 2 heterocycles. The first-order chi connectivity index (χ1) is 14.7. The smallest absolute Gasteiger partial charge is 0.151 e. The lowest BCUT2D eigenvalue weighted by Gasteiger charge is -2.30. The Morgan fingerprint density at radius 2 is 1.63 bits per heavy atom. The van der Waals surface area contributed by atoms with Crippen LogP contribution in [0.2, 0.25) is 0 Å². The molecule has 0 saturated carbocycles. The lowest BCUT2D eigenvalue weighted by Crippen LogP contribution is -2.29. The second-order valence-electron chi connectivity index (χ2n) is 7.15. The molecule has 2 aromatic carbocycles. The fourth-order valence-electron chi connectivity index (χ4n) is 3.94. The Morgan fingerprint density at radius 1 is 0.967 bits per heavy atom. The molecule has 1 atom stereocenters. The third kappa shape index (κ3) is 3.89. The average molecular weight is 402 g/mol. The molecule has 1 N–H and O–H groups in total. The first-order valence-corrected chi connectivity index (χ1v) is 10.3. The molecule has 2 aromatic heterocycles. The predicted molar refractivity (Wildman–Crippen MR) is 119 cm³/mol. The normalized spacial score (nSPS) is 12.3. The van der Waals surface area contributed by atoms with Crippen molar-refractivity contribution in [3.8, 4) is 28.3 Å². The Morgan fingerprint density at radius 3 is 2.20 bits per heavy atom. The molecule has 4 rings (SSSR count). The second-order valence-corrected chi connectivity index (χ2v) is 7.15. The molecule has 4 aromatic rings. The topological polar surface area (TPSA) is 54.3 Å². The molecule has 0 aliphatic heterocycles. The van der Waals surface area contributed by atoms with E-state index in [-0.39, 0.29) is 6.04 Å². The molecule has 0 aliphatic rings. The van der Waals surface area contributed by atoms with Crippen molar-refractivity contribution in [1.29, 1.82) is 0 Å². The lowest BCUT2D eigenvalue weighted by molar-refractivity contribution is 0.251. The zero-order chi connectivity index (χ0) is 20.9. The van der Waals surface area contributed by atoms with Crippen LogP contribution in [0.4, 0.5) is 0 Å². The highest BCUT2D eigenvalue weighted by Crippen LogP contribution is 2.35. The molecule has 0 radical (unpaired) electrons. The fraction of sp³-hybridized carbons (Fsp3) is 0.240. The van der Waals surface area contributed by atoms with E-state index in [1.54, 1.807) is 13.4 Å². The van der Waals surface area contributed by atoms with Gasteiger partial charge in [-0.15, -0.1) is 0 Å². The van der Waals surface area contributed by atoms with Gasteiger partial charge in [-0.2, -0.15) is 5.10 Å². The number of rotatable bonds is 8. The number of nitrogens with one attached hydrogen (secondary N) is 1. The van der Waals surface area contributed by atoms with Gasteiger partial charge in [-0.1, -0.05) is 50.2 Å². The molecule has 5 heteroatoms. The molecular weight excluding hydrogens is 374 g/mol. The van der Waals surface area contributed by atoms with Crippen molar-refractivity contribution < 1.29 is 9.15 Å². The van der Waals surface area contributed by atoms with Crippen molar-refractivity contribution in [2.45, 2.75) is 19.9 Å². The number of furan rings is 1.